The molecule has 0 aliphatic heterocycles. The molecule has 0 amide bonds. The van der Waals surface area contributed by atoms with Crippen molar-refractivity contribution in [3.63, 3.8) is 0 Å². The molecule has 33 heavy (non-hydrogen) atoms. The predicted octanol–water partition coefficient (Wildman–Crippen LogP) is 7.23. The molecule has 9 atom stereocenters. The van der Waals surface area contributed by atoms with Gasteiger partial charge in [0.25, 0.3) is 0 Å². The number of aliphatic hydroxyl groups is 1. The molecule has 5 rings (SSSR count). The lowest BCUT2D eigenvalue weighted by molar-refractivity contribution is -0.244. The van der Waals surface area contributed by atoms with Crippen molar-refractivity contribution >= 4 is 5.97 Å². The molecule has 0 aromatic heterocycles. The lowest BCUT2D eigenvalue weighted by atomic mass is 9.32. The molecule has 5 saturated carbocycles. The molecule has 0 radical (unpaired) electrons. The fourth-order valence-electron chi connectivity index (χ4n) is 11.3. The Hall–Kier alpha value is -0.830. The summed E-state index contributed by atoms with van der Waals surface area (Å²) in [5, 5.41) is 21.4. The van der Waals surface area contributed by atoms with Crippen molar-refractivity contribution in [2.45, 2.75) is 119 Å². The number of allylic oxidation sites excluding steroid dienone is 2. The number of carbonyl (C=O) groups is 1. The first-order valence-electron chi connectivity index (χ1n) is 13.8. The van der Waals surface area contributed by atoms with Gasteiger partial charge in [-0.2, -0.15) is 0 Å². The number of fused-ring (bicyclic) bond motifs is 7. The van der Waals surface area contributed by atoms with E-state index in [0.717, 1.165) is 38.5 Å². The van der Waals surface area contributed by atoms with E-state index in [1.165, 1.54) is 36.8 Å². The van der Waals surface area contributed by atoms with Gasteiger partial charge in [0.1, 0.15) is 0 Å². The van der Waals surface area contributed by atoms with Crippen LogP contribution in [0.1, 0.15) is 113 Å². The Morgan fingerprint density at radius 1 is 0.818 bits per heavy atom. The Morgan fingerprint density at radius 2 is 1.52 bits per heavy atom. The molecule has 3 nitrogen and oxygen atoms in total. The predicted molar refractivity (Wildman–Crippen MR) is 133 cm³/mol. The minimum Gasteiger partial charge on any atom is -0.481 e. The maximum absolute atomic E-state index is 12.8. The van der Waals surface area contributed by atoms with Gasteiger partial charge >= 0.3 is 5.97 Å². The second-order valence-electron chi connectivity index (χ2n) is 14.5. The summed E-state index contributed by atoms with van der Waals surface area (Å²) in [6.07, 6.45) is 10.5. The van der Waals surface area contributed by atoms with Crippen molar-refractivity contribution < 1.29 is 15.0 Å². The molecule has 2 N–H and O–H groups in total. The van der Waals surface area contributed by atoms with Crippen LogP contribution in [0.3, 0.4) is 0 Å². The van der Waals surface area contributed by atoms with Crippen LogP contribution in [0.25, 0.3) is 0 Å². The average Bonchev–Trinajstić information content (AvgIpc) is 3.13. The van der Waals surface area contributed by atoms with Crippen LogP contribution in [0, 0.1) is 50.7 Å². The van der Waals surface area contributed by atoms with Gasteiger partial charge in [-0.3, -0.25) is 4.79 Å². The van der Waals surface area contributed by atoms with Gasteiger partial charge in [-0.15, -0.1) is 0 Å². The number of hydrogen-bond acceptors (Lipinski definition) is 2. The molecule has 0 saturated heterocycles. The number of carboxylic acid groups (broad SMARTS) is 1. The number of carboxylic acids is 1. The molecule has 3 heteroatoms. The highest BCUT2D eigenvalue weighted by molar-refractivity contribution is 5.77. The van der Waals surface area contributed by atoms with Gasteiger partial charge in [0.05, 0.1) is 11.5 Å². The number of aliphatic carboxylic acids is 1. The van der Waals surface area contributed by atoms with Gasteiger partial charge < -0.3 is 10.2 Å². The van der Waals surface area contributed by atoms with Crippen LogP contribution < -0.4 is 0 Å². The summed E-state index contributed by atoms with van der Waals surface area (Å²) < 4.78 is 0. The molecule has 5 aliphatic carbocycles. The van der Waals surface area contributed by atoms with E-state index in [4.69, 9.17) is 0 Å². The molecular formula is C30H48O3. The Bertz CT molecular complexity index is 883. The Balaban J connectivity index is 1.58. The normalized spacial score (nSPS) is 52.8. The lowest BCUT2D eigenvalue weighted by Crippen LogP contribution is -2.66. The quantitative estimate of drug-likeness (QED) is 0.409. The van der Waals surface area contributed by atoms with Crippen molar-refractivity contribution in [2.24, 2.45) is 50.7 Å². The summed E-state index contributed by atoms with van der Waals surface area (Å²) in [4.78, 5) is 12.8. The fourth-order valence-corrected chi connectivity index (χ4v) is 11.3. The lowest BCUT2D eigenvalue weighted by Gasteiger charge is -2.72. The highest BCUT2D eigenvalue weighted by atomic mass is 16.4. The van der Waals surface area contributed by atoms with E-state index in [9.17, 15) is 15.0 Å². The third-order valence-corrected chi connectivity index (χ3v) is 13.3. The molecule has 5 aliphatic rings. The maximum Gasteiger partial charge on any atom is 0.310 e. The molecule has 0 heterocycles. The molecule has 5 fully saturated rings. The van der Waals surface area contributed by atoms with Gasteiger partial charge in [0, 0.05) is 0 Å². The summed E-state index contributed by atoms with van der Waals surface area (Å²) in [6, 6.07) is 0. The second kappa shape index (κ2) is 7.11. The SMILES string of the molecule is CC(C)=C1CC[C@]2(C(=O)O)CC[C@]3(C)[C@H](CC[C@@H]4[C@@]5(C)CC[C@H](O)C(C)(C)[C@@H]5CC[C@]43C)[C@@H]12. The summed E-state index contributed by atoms with van der Waals surface area (Å²) in [7, 11) is 0. The van der Waals surface area contributed by atoms with Crippen LogP contribution in [-0.4, -0.2) is 22.3 Å². The van der Waals surface area contributed by atoms with Crippen LogP contribution in [0.4, 0.5) is 0 Å². The minimum atomic E-state index is -0.531. The van der Waals surface area contributed by atoms with Crippen molar-refractivity contribution in [1.82, 2.24) is 0 Å². The van der Waals surface area contributed by atoms with Crippen molar-refractivity contribution in [1.29, 1.82) is 0 Å². The van der Waals surface area contributed by atoms with E-state index in [-0.39, 0.29) is 33.7 Å². The zero-order valence-corrected chi connectivity index (χ0v) is 22.3. The highest BCUT2D eigenvalue weighted by Crippen LogP contribution is 2.77. The van der Waals surface area contributed by atoms with Gasteiger partial charge in [0.15, 0.2) is 0 Å². The van der Waals surface area contributed by atoms with Gasteiger partial charge in [0.2, 0.25) is 0 Å². The average molecular weight is 457 g/mol. The molecule has 0 unspecified atom stereocenters. The van der Waals surface area contributed by atoms with Crippen LogP contribution in [-0.2, 0) is 4.79 Å². The van der Waals surface area contributed by atoms with Crippen molar-refractivity contribution in [3.8, 4) is 0 Å². The standard InChI is InChI=1S/C30H48O3/c1-18(2)19-10-15-30(25(32)33)17-16-28(6)20(24(19)30)8-9-22-27(5)13-12-23(31)26(3,4)21(27)11-14-29(22,28)7/h20-24,31H,8-17H2,1-7H3,(H,32,33)/t20-,21+,22-,23+,24-,27+,28-,29-,30+/m1/s1. The Kier molecular flexibility index (Phi) is 5.15. The van der Waals surface area contributed by atoms with Crippen molar-refractivity contribution in [3.05, 3.63) is 11.1 Å². The first-order chi connectivity index (χ1) is 15.3. The minimum absolute atomic E-state index is 0.0161. The maximum atomic E-state index is 12.8. The van der Waals surface area contributed by atoms with E-state index in [0.29, 0.717) is 17.8 Å². The van der Waals surface area contributed by atoms with Gasteiger partial charge in [-0.1, -0.05) is 45.8 Å². The molecule has 0 aromatic carbocycles. The third-order valence-electron chi connectivity index (χ3n) is 13.3. The zero-order valence-electron chi connectivity index (χ0n) is 22.3. The highest BCUT2D eigenvalue weighted by Gasteiger charge is 2.71. The second-order valence-corrected chi connectivity index (χ2v) is 14.5. The summed E-state index contributed by atoms with van der Waals surface area (Å²) in [6.45, 7) is 16.8. The molecule has 0 bridgehead atoms. The Labute approximate surface area is 201 Å². The van der Waals surface area contributed by atoms with E-state index >= 15 is 0 Å². The fraction of sp³-hybridized carbons (Fsp3) is 0.900. The molecule has 0 spiro atoms. The zero-order chi connectivity index (χ0) is 24.2. The van der Waals surface area contributed by atoms with E-state index < -0.39 is 11.4 Å². The van der Waals surface area contributed by atoms with E-state index in [1.54, 1.807) is 0 Å². The Morgan fingerprint density at radius 3 is 2.15 bits per heavy atom. The molecular weight excluding hydrogens is 408 g/mol. The first kappa shape index (κ1) is 23.9. The van der Waals surface area contributed by atoms with E-state index in [2.05, 4.69) is 48.5 Å². The number of rotatable bonds is 1. The van der Waals surface area contributed by atoms with Gasteiger partial charge in [-0.25, -0.2) is 0 Å². The smallest absolute Gasteiger partial charge is 0.310 e. The van der Waals surface area contributed by atoms with Crippen LogP contribution in [0.2, 0.25) is 0 Å². The summed E-state index contributed by atoms with van der Waals surface area (Å²) >= 11 is 0. The third kappa shape index (κ3) is 2.75. The summed E-state index contributed by atoms with van der Waals surface area (Å²) in [5.41, 5.74) is 3.03. The van der Waals surface area contributed by atoms with Crippen molar-refractivity contribution in [2.75, 3.05) is 0 Å². The summed E-state index contributed by atoms with van der Waals surface area (Å²) in [5.74, 6) is 1.43. The van der Waals surface area contributed by atoms with Crippen LogP contribution >= 0.6 is 0 Å². The monoisotopic (exact) mass is 456 g/mol. The number of hydrogen-bond donors (Lipinski definition) is 2. The molecule has 0 aromatic rings. The largest absolute Gasteiger partial charge is 0.481 e. The van der Waals surface area contributed by atoms with Crippen LogP contribution in [0.15, 0.2) is 11.1 Å². The first-order valence-corrected chi connectivity index (χ1v) is 13.8. The van der Waals surface area contributed by atoms with Crippen LogP contribution in [0.5, 0.6) is 0 Å². The number of aliphatic hydroxyl groups excluding tert-OH is 1. The van der Waals surface area contributed by atoms with Gasteiger partial charge in [-0.05, 0) is 123 Å². The topological polar surface area (TPSA) is 57.5 Å². The van der Waals surface area contributed by atoms with E-state index in [1.807, 2.05) is 0 Å². The molecule has 186 valence electrons.